The lowest BCUT2D eigenvalue weighted by molar-refractivity contribution is 0.0628. The van der Waals surface area contributed by atoms with Crippen LogP contribution >= 0.6 is 0 Å². The van der Waals surface area contributed by atoms with E-state index < -0.39 is 0 Å². The average Bonchev–Trinajstić information content (AvgIpc) is 2.59. The molecular formula is C20H23FN2O. The number of carbonyl (C=O) groups excluding carboxylic acids is 1. The minimum absolute atomic E-state index is 0.0797. The smallest absolute Gasteiger partial charge is 0.254 e. The molecule has 126 valence electrons. The topological polar surface area (TPSA) is 23.6 Å². The first-order valence-corrected chi connectivity index (χ1v) is 8.36. The van der Waals surface area contributed by atoms with Crippen molar-refractivity contribution in [2.45, 2.75) is 20.4 Å². The molecule has 0 saturated carbocycles. The van der Waals surface area contributed by atoms with Crippen LogP contribution in [0.15, 0.2) is 42.5 Å². The van der Waals surface area contributed by atoms with Gasteiger partial charge in [-0.15, -0.1) is 0 Å². The van der Waals surface area contributed by atoms with E-state index in [1.165, 1.54) is 17.2 Å². The zero-order chi connectivity index (χ0) is 17.1. The van der Waals surface area contributed by atoms with Crippen LogP contribution < -0.4 is 0 Å². The Morgan fingerprint density at radius 1 is 1.00 bits per heavy atom. The van der Waals surface area contributed by atoms with E-state index in [1.54, 1.807) is 19.1 Å². The molecule has 0 N–H and O–H groups in total. The second kappa shape index (κ2) is 7.14. The van der Waals surface area contributed by atoms with E-state index in [1.807, 2.05) is 4.90 Å². The van der Waals surface area contributed by atoms with Gasteiger partial charge in [0.1, 0.15) is 5.82 Å². The Hall–Kier alpha value is -2.20. The fraction of sp³-hybridized carbons (Fsp3) is 0.350. The number of carbonyl (C=O) groups is 1. The number of piperazine rings is 1. The van der Waals surface area contributed by atoms with E-state index >= 15 is 0 Å². The molecule has 2 aromatic carbocycles. The second-order valence-corrected chi connectivity index (χ2v) is 6.52. The minimum atomic E-state index is -0.321. The van der Waals surface area contributed by atoms with E-state index in [2.05, 4.69) is 36.1 Å². The highest BCUT2D eigenvalue weighted by atomic mass is 19.1. The van der Waals surface area contributed by atoms with Gasteiger partial charge in [0.05, 0.1) is 0 Å². The number of hydrogen-bond acceptors (Lipinski definition) is 2. The maximum Gasteiger partial charge on any atom is 0.254 e. The Morgan fingerprint density at radius 3 is 2.29 bits per heavy atom. The molecule has 0 aliphatic carbocycles. The van der Waals surface area contributed by atoms with Crippen molar-refractivity contribution in [3.63, 3.8) is 0 Å². The average molecular weight is 326 g/mol. The number of hydrogen-bond donors (Lipinski definition) is 0. The zero-order valence-corrected chi connectivity index (χ0v) is 14.3. The normalized spacial score (nSPS) is 15.5. The predicted octanol–water partition coefficient (Wildman–Crippen LogP) is 3.40. The van der Waals surface area contributed by atoms with Gasteiger partial charge in [-0.2, -0.15) is 0 Å². The fourth-order valence-electron chi connectivity index (χ4n) is 2.97. The molecule has 0 radical (unpaired) electrons. The van der Waals surface area contributed by atoms with Crippen molar-refractivity contribution in [2.75, 3.05) is 26.2 Å². The molecule has 24 heavy (non-hydrogen) atoms. The highest BCUT2D eigenvalue weighted by Gasteiger charge is 2.22. The highest BCUT2D eigenvalue weighted by Crippen LogP contribution is 2.14. The number of rotatable bonds is 3. The zero-order valence-electron chi connectivity index (χ0n) is 14.3. The molecule has 3 rings (SSSR count). The third kappa shape index (κ3) is 3.82. The number of benzene rings is 2. The molecule has 1 aliphatic rings. The van der Waals surface area contributed by atoms with Crippen LogP contribution in [-0.2, 0) is 6.54 Å². The number of nitrogens with zero attached hydrogens (tertiary/aromatic N) is 2. The van der Waals surface area contributed by atoms with Crippen LogP contribution in [-0.4, -0.2) is 41.9 Å². The molecule has 1 heterocycles. The van der Waals surface area contributed by atoms with Crippen LogP contribution in [0.3, 0.4) is 0 Å². The van der Waals surface area contributed by atoms with Gasteiger partial charge in [-0.3, -0.25) is 9.69 Å². The molecule has 1 fully saturated rings. The van der Waals surface area contributed by atoms with Gasteiger partial charge in [-0.05, 0) is 37.1 Å². The molecule has 0 atom stereocenters. The molecule has 1 saturated heterocycles. The first-order valence-electron chi connectivity index (χ1n) is 8.36. The number of halogens is 1. The van der Waals surface area contributed by atoms with Crippen molar-refractivity contribution in [2.24, 2.45) is 0 Å². The van der Waals surface area contributed by atoms with E-state index in [0.717, 1.165) is 19.6 Å². The standard InChI is InChI=1S/C20H23FN2O/c1-15-3-6-17(7-4-15)14-22-9-11-23(12-10-22)20(24)18-8-5-16(2)19(21)13-18/h3-8,13H,9-12,14H2,1-2H3. The van der Waals surface area contributed by atoms with Crippen molar-refractivity contribution in [3.8, 4) is 0 Å². The summed E-state index contributed by atoms with van der Waals surface area (Å²) >= 11 is 0. The van der Waals surface area contributed by atoms with Gasteiger partial charge in [0.25, 0.3) is 5.91 Å². The summed E-state index contributed by atoms with van der Waals surface area (Å²) in [6.07, 6.45) is 0. The molecule has 4 heteroatoms. The van der Waals surface area contributed by atoms with Crippen LogP contribution in [0.2, 0.25) is 0 Å². The molecule has 3 nitrogen and oxygen atoms in total. The van der Waals surface area contributed by atoms with Crippen LogP contribution in [0, 0.1) is 19.7 Å². The van der Waals surface area contributed by atoms with Crippen molar-refractivity contribution >= 4 is 5.91 Å². The van der Waals surface area contributed by atoms with Gasteiger partial charge in [-0.1, -0.05) is 35.9 Å². The number of amides is 1. The Labute approximate surface area is 142 Å². The molecular weight excluding hydrogens is 303 g/mol. The summed E-state index contributed by atoms with van der Waals surface area (Å²) in [5.74, 6) is -0.400. The first kappa shape index (κ1) is 16.7. The van der Waals surface area contributed by atoms with Gasteiger partial charge >= 0.3 is 0 Å². The molecule has 1 amide bonds. The van der Waals surface area contributed by atoms with Crippen LogP contribution in [0.4, 0.5) is 4.39 Å². The van der Waals surface area contributed by atoms with Gasteiger partial charge in [-0.25, -0.2) is 4.39 Å². The maximum absolute atomic E-state index is 13.7. The van der Waals surface area contributed by atoms with Crippen LogP contribution in [0.25, 0.3) is 0 Å². The van der Waals surface area contributed by atoms with E-state index in [9.17, 15) is 9.18 Å². The van der Waals surface area contributed by atoms with Crippen molar-refractivity contribution in [1.82, 2.24) is 9.80 Å². The molecule has 0 unspecified atom stereocenters. The summed E-state index contributed by atoms with van der Waals surface area (Å²) in [4.78, 5) is 16.7. The van der Waals surface area contributed by atoms with Gasteiger partial charge in [0.2, 0.25) is 0 Å². The summed E-state index contributed by atoms with van der Waals surface area (Å²) < 4.78 is 13.7. The third-order valence-electron chi connectivity index (χ3n) is 4.61. The maximum atomic E-state index is 13.7. The highest BCUT2D eigenvalue weighted by molar-refractivity contribution is 5.94. The molecule has 0 bridgehead atoms. The third-order valence-corrected chi connectivity index (χ3v) is 4.61. The minimum Gasteiger partial charge on any atom is -0.336 e. The van der Waals surface area contributed by atoms with Gasteiger partial charge in [0.15, 0.2) is 0 Å². The van der Waals surface area contributed by atoms with E-state index in [0.29, 0.717) is 24.2 Å². The summed E-state index contributed by atoms with van der Waals surface area (Å²) in [6, 6.07) is 13.3. The lowest BCUT2D eigenvalue weighted by Crippen LogP contribution is -2.48. The lowest BCUT2D eigenvalue weighted by atomic mass is 10.1. The van der Waals surface area contributed by atoms with E-state index in [4.69, 9.17) is 0 Å². The van der Waals surface area contributed by atoms with Crippen molar-refractivity contribution < 1.29 is 9.18 Å². The summed E-state index contributed by atoms with van der Waals surface area (Å²) in [7, 11) is 0. The molecule has 0 spiro atoms. The van der Waals surface area contributed by atoms with Gasteiger partial charge < -0.3 is 4.90 Å². The van der Waals surface area contributed by atoms with Crippen molar-refractivity contribution in [3.05, 3.63) is 70.5 Å². The SMILES string of the molecule is Cc1ccc(CN2CCN(C(=O)c3ccc(C)c(F)c3)CC2)cc1. The van der Waals surface area contributed by atoms with Crippen LogP contribution in [0.5, 0.6) is 0 Å². The summed E-state index contributed by atoms with van der Waals surface area (Å²) in [6.45, 7) is 7.74. The molecule has 1 aliphatic heterocycles. The largest absolute Gasteiger partial charge is 0.336 e. The predicted molar refractivity (Wildman–Crippen MR) is 93.5 cm³/mol. The van der Waals surface area contributed by atoms with Crippen molar-refractivity contribution in [1.29, 1.82) is 0 Å². The Kier molecular flexibility index (Phi) is 4.95. The van der Waals surface area contributed by atoms with Gasteiger partial charge in [0, 0.05) is 38.3 Å². The Bertz CT molecular complexity index is 719. The first-order chi connectivity index (χ1) is 11.5. The summed E-state index contributed by atoms with van der Waals surface area (Å²) in [5, 5.41) is 0. The number of aryl methyl sites for hydroxylation is 2. The molecule has 0 aromatic heterocycles. The fourth-order valence-corrected chi connectivity index (χ4v) is 2.97. The van der Waals surface area contributed by atoms with Crippen LogP contribution in [0.1, 0.15) is 27.0 Å². The molecule has 2 aromatic rings. The monoisotopic (exact) mass is 326 g/mol. The van der Waals surface area contributed by atoms with E-state index in [-0.39, 0.29) is 11.7 Å². The lowest BCUT2D eigenvalue weighted by Gasteiger charge is -2.34. The Balaban J connectivity index is 1.57. The quantitative estimate of drug-likeness (QED) is 0.863. The Morgan fingerprint density at radius 2 is 1.67 bits per heavy atom. The second-order valence-electron chi connectivity index (χ2n) is 6.52. The summed E-state index contributed by atoms with van der Waals surface area (Å²) in [5.41, 5.74) is 3.56.